The van der Waals surface area contributed by atoms with E-state index >= 15 is 0 Å². The monoisotopic (exact) mass is 399 g/mol. The number of hydrogen-bond acceptors (Lipinski definition) is 2. The van der Waals surface area contributed by atoms with Crippen molar-refractivity contribution in [3.63, 3.8) is 0 Å². The van der Waals surface area contributed by atoms with Crippen molar-refractivity contribution in [1.29, 1.82) is 0 Å². The summed E-state index contributed by atoms with van der Waals surface area (Å²) in [5.74, 6) is 0.280. The molecule has 1 amide bonds. The lowest BCUT2D eigenvalue weighted by atomic mass is 10.1. The molecule has 0 spiro atoms. The summed E-state index contributed by atoms with van der Waals surface area (Å²) < 4.78 is 6.92. The molecule has 3 rings (SSSR count). The van der Waals surface area contributed by atoms with E-state index in [1.807, 2.05) is 4.90 Å². The molecule has 0 aliphatic carbocycles. The lowest BCUT2D eigenvalue weighted by Crippen LogP contribution is -2.31. The third kappa shape index (κ3) is 3.77. The van der Waals surface area contributed by atoms with Gasteiger partial charge in [0.1, 0.15) is 0 Å². The van der Waals surface area contributed by atoms with Crippen molar-refractivity contribution in [2.45, 2.75) is 51.0 Å². The number of benzene rings is 1. The average molecular weight is 399 g/mol. The van der Waals surface area contributed by atoms with Crippen LogP contribution in [0.5, 0.6) is 0 Å². The second kappa shape index (κ2) is 7.09. The first-order chi connectivity index (χ1) is 10.2. The van der Waals surface area contributed by atoms with Crippen molar-refractivity contribution >= 4 is 34.2 Å². The zero-order valence-electron chi connectivity index (χ0n) is 12.3. The zero-order valence-corrected chi connectivity index (χ0v) is 14.5. The van der Waals surface area contributed by atoms with E-state index in [2.05, 4.69) is 40.8 Å². The highest BCUT2D eigenvalue weighted by Gasteiger charge is 2.23. The SMILES string of the molecule is O=C1CCCc2cc(I)ccc2N1CCCC1CCCO1. The van der Waals surface area contributed by atoms with E-state index in [1.54, 1.807) is 0 Å². The van der Waals surface area contributed by atoms with Gasteiger partial charge < -0.3 is 9.64 Å². The summed E-state index contributed by atoms with van der Waals surface area (Å²) >= 11 is 2.35. The largest absolute Gasteiger partial charge is 0.378 e. The highest BCUT2D eigenvalue weighted by Crippen LogP contribution is 2.29. The van der Waals surface area contributed by atoms with E-state index < -0.39 is 0 Å². The predicted octanol–water partition coefficient (Wildman–Crippen LogP) is 3.92. The van der Waals surface area contributed by atoms with Gasteiger partial charge in [-0.2, -0.15) is 0 Å². The van der Waals surface area contributed by atoms with Gasteiger partial charge in [0.05, 0.1) is 6.10 Å². The zero-order chi connectivity index (χ0) is 14.7. The molecule has 1 fully saturated rings. The van der Waals surface area contributed by atoms with Crippen LogP contribution < -0.4 is 4.90 Å². The number of nitrogens with zero attached hydrogens (tertiary/aromatic N) is 1. The van der Waals surface area contributed by atoms with E-state index in [0.29, 0.717) is 12.5 Å². The van der Waals surface area contributed by atoms with Crippen LogP contribution in [0, 0.1) is 3.57 Å². The quantitative estimate of drug-likeness (QED) is 0.719. The van der Waals surface area contributed by atoms with Crippen molar-refractivity contribution in [2.24, 2.45) is 0 Å². The highest BCUT2D eigenvalue weighted by atomic mass is 127. The van der Waals surface area contributed by atoms with Crippen molar-refractivity contribution in [3.8, 4) is 0 Å². The van der Waals surface area contributed by atoms with E-state index in [9.17, 15) is 4.79 Å². The van der Waals surface area contributed by atoms with E-state index in [1.165, 1.54) is 22.0 Å². The number of amides is 1. The van der Waals surface area contributed by atoms with Gasteiger partial charge in [0.2, 0.25) is 5.91 Å². The Bertz CT molecular complexity index is 512. The molecule has 2 aliphatic heterocycles. The molecule has 114 valence electrons. The van der Waals surface area contributed by atoms with Crippen LogP contribution in [0.3, 0.4) is 0 Å². The lowest BCUT2D eigenvalue weighted by molar-refractivity contribution is -0.118. The molecule has 3 nitrogen and oxygen atoms in total. The summed E-state index contributed by atoms with van der Waals surface area (Å²) in [6.45, 7) is 1.74. The summed E-state index contributed by atoms with van der Waals surface area (Å²) in [5, 5.41) is 0. The van der Waals surface area contributed by atoms with Crippen molar-refractivity contribution < 1.29 is 9.53 Å². The lowest BCUT2D eigenvalue weighted by Gasteiger charge is -2.24. The van der Waals surface area contributed by atoms with Gasteiger partial charge in [0.15, 0.2) is 0 Å². The van der Waals surface area contributed by atoms with Gasteiger partial charge in [-0.25, -0.2) is 0 Å². The number of carbonyl (C=O) groups is 1. The molecule has 2 heterocycles. The highest BCUT2D eigenvalue weighted by molar-refractivity contribution is 14.1. The van der Waals surface area contributed by atoms with Crippen LogP contribution in [0.15, 0.2) is 18.2 Å². The van der Waals surface area contributed by atoms with E-state index in [4.69, 9.17) is 4.74 Å². The number of aryl methyl sites for hydroxylation is 1. The van der Waals surface area contributed by atoms with Crippen LogP contribution in [0.25, 0.3) is 0 Å². The molecule has 0 saturated carbocycles. The Morgan fingerprint density at radius 2 is 2.19 bits per heavy atom. The third-order valence-corrected chi connectivity index (χ3v) is 5.07. The molecular formula is C17H22INO2. The summed E-state index contributed by atoms with van der Waals surface area (Å²) in [6, 6.07) is 6.44. The number of rotatable bonds is 4. The van der Waals surface area contributed by atoms with E-state index in [0.717, 1.165) is 44.5 Å². The van der Waals surface area contributed by atoms with Gasteiger partial charge >= 0.3 is 0 Å². The molecule has 4 heteroatoms. The Morgan fingerprint density at radius 1 is 1.29 bits per heavy atom. The molecule has 0 radical (unpaired) electrons. The topological polar surface area (TPSA) is 29.5 Å². The van der Waals surface area contributed by atoms with Crippen LogP contribution in [0.4, 0.5) is 5.69 Å². The molecule has 1 atom stereocenters. The fraction of sp³-hybridized carbons (Fsp3) is 0.588. The first kappa shape index (κ1) is 15.3. The maximum absolute atomic E-state index is 12.4. The van der Waals surface area contributed by atoms with Crippen molar-refractivity contribution in [1.82, 2.24) is 0 Å². The van der Waals surface area contributed by atoms with Gasteiger partial charge in [-0.3, -0.25) is 4.79 Å². The molecular weight excluding hydrogens is 377 g/mol. The van der Waals surface area contributed by atoms with Gasteiger partial charge in [-0.15, -0.1) is 0 Å². The van der Waals surface area contributed by atoms with Crippen LogP contribution in [0.2, 0.25) is 0 Å². The Morgan fingerprint density at radius 3 is 3.00 bits per heavy atom. The molecule has 1 aromatic carbocycles. The third-order valence-electron chi connectivity index (χ3n) is 4.40. The molecule has 1 saturated heterocycles. The maximum Gasteiger partial charge on any atom is 0.226 e. The molecule has 0 bridgehead atoms. The minimum Gasteiger partial charge on any atom is -0.378 e. The van der Waals surface area contributed by atoms with Crippen LogP contribution >= 0.6 is 22.6 Å². The summed E-state index contributed by atoms with van der Waals surface area (Å²) in [5.41, 5.74) is 2.45. The fourth-order valence-corrected chi connectivity index (χ4v) is 3.87. The van der Waals surface area contributed by atoms with E-state index in [-0.39, 0.29) is 5.91 Å². The minimum absolute atomic E-state index is 0.280. The van der Waals surface area contributed by atoms with Gasteiger partial charge in [0, 0.05) is 28.8 Å². The summed E-state index contributed by atoms with van der Waals surface area (Å²) in [4.78, 5) is 14.4. The second-order valence-electron chi connectivity index (χ2n) is 5.95. The molecule has 1 unspecified atom stereocenters. The summed E-state index contributed by atoms with van der Waals surface area (Å²) in [6.07, 6.45) is 7.55. The molecule has 0 N–H and O–H groups in total. The number of anilines is 1. The minimum atomic E-state index is 0.280. The number of halogens is 1. The van der Waals surface area contributed by atoms with Gasteiger partial charge in [-0.1, -0.05) is 0 Å². The first-order valence-corrected chi connectivity index (χ1v) is 9.02. The van der Waals surface area contributed by atoms with Gasteiger partial charge in [-0.05, 0) is 84.9 Å². The van der Waals surface area contributed by atoms with Crippen LogP contribution in [0.1, 0.15) is 44.1 Å². The Labute approximate surface area is 140 Å². The smallest absolute Gasteiger partial charge is 0.226 e. The Balaban J connectivity index is 1.68. The predicted molar refractivity (Wildman–Crippen MR) is 92.7 cm³/mol. The number of fused-ring (bicyclic) bond motifs is 1. The fourth-order valence-electron chi connectivity index (χ4n) is 3.31. The normalized spacial score (nSPS) is 22.2. The number of ether oxygens (including phenoxy) is 1. The number of carbonyl (C=O) groups excluding carboxylic acids is 1. The molecule has 2 aliphatic rings. The number of hydrogen-bond donors (Lipinski definition) is 0. The molecule has 0 aromatic heterocycles. The van der Waals surface area contributed by atoms with Crippen LogP contribution in [-0.4, -0.2) is 25.2 Å². The Kier molecular flexibility index (Phi) is 5.16. The molecule has 21 heavy (non-hydrogen) atoms. The van der Waals surface area contributed by atoms with Gasteiger partial charge in [0.25, 0.3) is 0 Å². The Hall–Kier alpha value is -0.620. The summed E-state index contributed by atoms with van der Waals surface area (Å²) in [7, 11) is 0. The van der Waals surface area contributed by atoms with Crippen LogP contribution in [-0.2, 0) is 16.0 Å². The second-order valence-corrected chi connectivity index (χ2v) is 7.19. The molecule has 1 aromatic rings. The first-order valence-electron chi connectivity index (χ1n) is 7.94. The van der Waals surface area contributed by atoms with Crippen molar-refractivity contribution in [3.05, 3.63) is 27.3 Å². The van der Waals surface area contributed by atoms with Crippen molar-refractivity contribution in [2.75, 3.05) is 18.1 Å². The standard InChI is InChI=1S/C17H22INO2/c18-14-8-9-16-13(12-14)4-1-7-17(20)19(16)10-2-5-15-6-3-11-21-15/h8-9,12,15H,1-7,10-11H2. The average Bonchev–Trinajstić information content (AvgIpc) is 2.92. The maximum atomic E-state index is 12.4.